The van der Waals surface area contributed by atoms with Crippen LogP contribution in [-0.4, -0.2) is 110 Å². The van der Waals surface area contributed by atoms with E-state index in [1.54, 1.807) is 0 Å². The normalized spacial score (nSPS) is 24.6. The average molecular weight is 290 g/mol. The van der Waals surface area contributed by atoms with E-state index in [0.29, 0.717) is 0 Å². The second-order valence-electron chi connectivity index (χ2n) is 5.34. The molecular weight excluding hydrogens is 260 g/mol. The number of likely N-dealkylation sites (N-methyl/N-ethyl adjacent to an activating group) is 1. The zero-order valence-electron chi connectivity index (χ0n) is 12.5. The van der Waals surface area contributed by atoms with E-state index in [4.69, 9.17) is 5.11 Å². The van der Waals surface area contributed by atoms with Gasteiger partial charge in [-0.1, -0.05) is 0 Å². The van der Waals surface area contributed by atoms with Gasteiger partial charge >= 0.3 is 0 Å². The molecule has 2 unspecified atom stereocenters. The number of aliphatic hydroxyl groups is 3. The summed E-state index contributed by atoms with van der Waals surface area (Å²) in [6.07, 6.45) is -0.903. The van der Waals surface area contributed by atoms with Crippen molar-refractivity contribution in [3.63, 3.8) is 0 Å². The van der Waals surface area contributed by atoms with Crippen LogP contribution in [0.15, 0.2) is 0 Å². The summed E-state index contributed by atoms with van der Waals surface area (Å²) in [6, 6.07) is -0.406. The summed E-state index contributed by atoms with van der Waals surface area (Å²) < 4.78 is 0. The summed E-state index contributed by atoms with van der Waals surface area (Å²) in [5.74, 6) is 0. The summed E-state index contributed by atoms with van der Waals surface area (Å²) in [4.78, 5) is 4.29. The van der Waals surface area contributed by atoms with Crippen molar-refractivity contribution >= 4 is 0 Å². The van der Waals surface area contributed by atoms with Gasteiger partial charge in [-0.3, -0.25) is 4.90 Å². The molecule has 1 rings (SSSR count). The minimum Gasteiger partial charge on any atom is -0.395 e. The molecule has 0 radical (unpaired) electrons. The smallest absolute Gasteiger partial charge is 0.0947 e. The van der Waals surface area contributed by atoms with Crippen molar-refractivity contribution in [1.29, 1.82) is 0 Å². The SMILES string of the molecule is CN1CCNCCNCCN(C(CO)C(O)CO)CC1. The van der Waals surface area contributed by atoms with Gasteiger partial charge < -0.3 is 30.9 Å². The topological polar surface area (TPSA) is 91.2 Å². The highest BCUT2D eigenvalue weighted by Crippen LogP contribution is 2.05. The summed E-state index contributed by atoms with van der Waals surface area (Å²) >= 11 is 0. The Labute approximate surface area is 121 Å². The monoisotopic (exact) mass is 290 g/mol. The maximum atomic E-state index is 9.83. The molecule has 0 aromatic rings. The van der Waals surface area contributed by atoms with Gasteiger partial charge in [-0.2, -0.15) is 0 Å². The molecule has 7 heteroatoms. The maximum Gasteiger partial charge on any atom is 0.0947 e. The predicted molar refractivity (Wildman–Crippen MR) is 78.8 cm³/mol. The molecule has 1 fully saturated rings. The van der Waals surface area contributed by atoms with Crippen molar-refractivity contribution in [1.82, 2.24) is 20.4 Å². The van der Waals surface area contributed by atoms with Gasteiger partial charge in [-0.05, 0) is 7.05 Å². The van der Waals surface area contributed by atoms with Crippen molar-refractivity contribution in [2.75, 3.05) is 72.6 Å². The summed E-state index contributed by atoms with van der Waals surface area (Å²) in [7, 11) is 2.07. The van der Waals surface area contributed by atoms with Crippen LogP contribution in [-0.2, 0) is 0 Å². The molecule has 20 heavy (non-hydrogen) atoms. The van der Waals surface area contributed by atoms with Crippen molar-refractivity contribution in [2.24, 2.45) is 0 Å². The number of hydrogen-bond donors (Lipinski definition) is 5. The molecule has 120 valence electrons. The molecule has 1 heterocycles. The largest absolute Gasteiger partial charge is 0.395 e. The maximum absolute atomic E-state index is 9.83. The standard InChI is InChI=1S/C13H30N4O3/c1-16-6-4-14-2-3-15-5-7-17(9-8-16)12(10-18)13(20)11-19/h12-15,18-20H,2-11H2,1H3. The first kappa shape index (κ1) is 17.8. The Balaban J connectivity index is 2.57. The van der Waals surface area contributed by atoms with Crippen LogP contribution in [0.1, 0.15) is 0 Å². The molecule has 7 nitrogen and oxygen atoms in total. The first-order chi connectivity index (χ1) is 9.69. The highest BCUT2D eigenvalue weighted by atomic mass is 16.3. The number of hydrogen-bond acceptors (Lipinski definition) is 7. The van der Waals surface area contributed by atoms with Gasteiger partial charge in [0.1, 0.15) is 0 Å². The average Bonchev–Trinajstić information content (AvgIpc) is 2.45. The summed E-state index contributed by atoms with van der Waals surface area (Å²) in [5.41, 5.74) is 0. The van der Waals surface area contributed by atoms with Gasteiger partial charge in [0.2, 0.25) is 0 Å². The fraction of sp³-hybridized carbons (Fsp3) is 1.00. The molecule has 1 saturated heterocycles. The molecular formula is C13H30N4O3. The van der Waals surface area contributed by atoms with E-state index in [2.05, 4.69) is 27.5 Å². The Morgan fingerprint density at radius 3 is 2.15 bits per heavy atom. The number of rotatable bonds is 4. The van der Waals surface area contributed by atoms with Gasteiger partial charge in [-0.15, -0.1) is 0 Å². The lowest BCUT2D eigenvalue weighted by atomic mass is 10.1. The van der Waals surface area contributed by atoms with Gasteiger partial charge in [0.25, 0.3) is 0 Å². The molecule has 0 aromatic carbocycles. The molecule has 1 aliphatic rings. The minimum absolute atomic E-state index is 0.146. The summed E-state index contributed by atoms with van der Waals surface area (Å²) in [5, 5.41) is 35.1. The predicted octanol–water partition coefficient (Wildman–Crippen LogP) is -2.87. The van der Waals surface area contributed by atoms with E-state index < -0.39 is 12.1 Å². The third-order valence-electron chi connectivity index (χ3n) is 3.78. The van der Waals surface area contributed by atoms with E-state index in [9.17, 15) is 10.2 Å². The van der Waals surface area contributed by atoms with E-state index in [0.717, 1.165) is 52.4 Å². The molecule has 0 spiro atoms. The van der Waals surface area contributed by atoms with Crippen molar-refractivity contribution in [3.05, 3.63) is 0 Å². The van der Waals surface area contributed by atoms with Gasteiger partial charge in [-0.25, -0.2) is 0 Å². The first-order valence-electron chi connectivity index (χ1n) is 7.43. The second-order valence-corrected chi connectivity index (χ2v) is 5.34. The van der Waals surface area contributed by atoms with E-state index in [-0.39, 0.29) is 13.2 Å². The number of aliphatic hydroxyl groups excluding tert-OH is 3. The van der Waals surface area contributed by atoms with Crippen LogP contribution in [0.2, 0.25) is 0 Å². The van der Waals surface area contributed by atoms with Crippen LogP contribution in [0.4, 0.5) is 0 Å². The lowest BCUT2D eigenvalue weighted by Gasteiger charge is -2.34. The quantitative estimate of drug-likeness (QED) is 0.380. The highest BCUT2D eigenvalue weighted by molar-refractivity contribution is 4.80. The van der Waals surface area contributed by atoms with Gasteiger partial charge in [0.15, 0.2) is 0 Å². The fourth-order valence-corrected chi connectivity index (χ4v) is 2.38. The molecule has 0 saturated carbocycles. The lowest BCUT2D eigenvalue weighted by molar-refractivity contribution is -0.0149. The Morgan fingerprint density at radius 2 is 1.55 bits per heavy atom. The van der Waals surface area contributed by atoms with Crippen molar-refractivity contribution < 1.29 is 15.3 Å². The zero-order chi connectivity index (χ0) is 14.8. The molecule has 0 bridgehead atoms. The Bertz CT molecular complexity index is 246. The summed E-state index contributed by atoms with van der Waals surface area (Å²) in [6.45, 7) is 6.50. The van der Waals surface area contributed by atoms with E-state index in [1.165, 1.54) is 0 Å². The van der Waals surface area contributed by atoms with Crippen molar-refractivity contribution in [3.8, 4) is 0 Å². The Morgan fingerprint density at radius 1 is 0.900 bits per heavy atom. The number of nitrogens with zero attached hydrogens (tertiary/aromatic N) is 2. The third-order valence-corrected chi connectivity index (χ3v) is 3.78. The van der Waals surface area contributed by atoms with Crippen LogP contribution in [0, 0.1) is 0 Å². The number of nitrogens with one attached hydrogen (secondary N) is 2. The lowest BCUT2D eigenvalue weighted by Crippen LogP contribution is -2.52. The third kappa shape index (κ3) is 6.45. The van der Waals surface area contributed by atoms with Crippen LogP contribution in [0.25, 0.3) is 0 Å². The zero-order valence-corrected chi connectivity index (χ0v) is 12.5. The molecule has 0 amide bonds. The van der Waals surface area contributed by atoms with E-state index >= 15 is 0 Å². The molecule has 0 aliphatic carbocycles. The Kier molecular flexibility index (Phi) is 9.28. The first-order valence-corrected chi connectivity index (χ1v) is 7.43. The van der Waals surface area contributed by atoms with Gasteiger partial charge in [0, 0.05) is 52.4 Å². The second kappa shape index (κ2) is 10.4. The molecule has 5 N–H and O–H groups in total. The van der Waals surface area contributed by atoms with Crippen LogP contribution in [0.5, 0.6) is 0 Å². The van der Waals surface area contributed by atoms with Gasteiger partial charge in [0.05, 0.1) is 25.4 Å². The Hall–Kier alpha value is -0.280. The van der Waals surface area contributed by atoms with E-state index in [1.807, 2.05) is 0 Å². The minimum atomic E-state index is -0.903. The molecule has 1 aliphatic heterocycles. The van der Waals surface area contributed by atoms with Crippen LogP contribution >= 0.6 is 0 Å². The molecule has 0 aromatic heterocycles. The highest BCUT2D eigenvalue weighted by Gasteiger charge is 2.24. The van der Waals surface area contributed by atoms with Crippen LogP contribution in [0.3, 0.4) is 0 Å². The molecule has 2 atom stereocenters. The van der Waals surface area contributed by atoms with Crippen molar-refractivity contribution in [2.45, 2.75) is 12.1 Å². The fourth-order valence-electron chi connectivity index (χ4n) is 2.38. The van der Waals surface area contributed by atoms with Crippen LogP contribution < -0.4 is 10.6 Å².